The van der Waals surface area contributed by atoms with Crippen LogP contribution in [-0.2, 0) is 16.0 Å². The maximum atomic E-state index is 12.7. The van der Waals surface area contributed by atoms with E-state index in [9.17, 15) is 9.90 Å². The molecule has 1 aliphatic rings. The van der Waals surface area contributed by atoms with Crippen LogP contribution in [0.4, 0.5) is 0 Å². The van der Waals surface area contributed by atoms with Gasteiger partial charge >= 0.3 is 0 Å². The van der Waals surface area contributed by atoms with E-state index in [1.165, 1.54) is 5.39 Å². The summed E-state index contributed by atoms with van der Waals surface area (Å²) in [6.45, 7) is 0. The van der Waals surface area contributed by atoms with Crippen molar-refractivity contribution in [1.29, 1.82) is 0 Å². The molecule has 5 nitrogen and oxygen atoms in total. The molecule has 1 aliphatic carbocycles. The van der Waals surface area contributed by atoms with Crippen LogP contribution >= 0.6 is 0 Å². The highest BCUT2D eigenvalue weighted by molar-refractivity contribution is 5.84. The SMILES string of the molecule is CO[C@@H]1CCCC[C@@H](N(C)C(=O)CCc2c[nH]c3ccccc23)[C@H]1O. The third-order valence-electron chi connectivity index (χ3n) is 5.49. The Balaban J connectivity index is 1.64. The molecule has 1 fully saturated rings. The van der Waals surface area contributed by atoms with Gasteiger partial charge in [0.1, 0.15) is 6.10 Å². The van der Waals surface area contributed by atoms with Crippen LogP contribution in [0.3, 0.4) is 0 Å². The molecule has 3 rings (SSSR count). The number of aromatic amines is 1. The molecule has 1 saturated carbocycles. The van der Waals surface area contributed by atoms with Crippen molar-refractivity contribution in [3.05, 3.63) is 36.0 Å². The van der Waals surface area contributed by atoms with Gasteiger partial charge in [0.05, 0.1) is 12.1 Å². The summed E-state index contributed by atoms with van der Waals surface area (Å²) in [5.41, 5.74) is 2.26. The van der Waals surface area contributed by atoms with Gasteiger partial charge in [-0.3, -0.25) is 4.79 Å². The Labute approximate surface area is 149 Å². The minimum absolute atomic E-state index is 0.0751. The molecule has 2 aromatic rings. The van der Waals surface area contributed by atoms with Gasteiger partial charge in [0.15, 0.2) is 0 Å². The molecular weight excluding hydrogens is 316 g/mol. The summed E-state index contributed by atoms with van der Waals surface area (Å²) >= 11 is 0. The first-order valence-corrected chi connectivity index (χ1v) is 9.13. The van der Waals surface area contributed by atoms with Crippen LogP contribution in [-0.4, -0.2) is 53.3 Å². The van der Waals surface area contributed by atoms with Crippen molar-refractivity contribution in [1.82, 2.24) is 9.88 Å². The number of aryl methyl sites for hydroxylation is 1. The minimum atomic E-state index is -0.616. The highest BCUT2D eigenvalue weighted by atomic mass is 16.5. The second-order valence-corrected chi connectivity index (χ2v) is 6.98. The third-order valence-corrected chi connectivity index (χ3v) is 5.49. The predicted octanol–water partition coefficient (Wildman–Crippen LogP) is 2.88. The summed E-state index contributed by atoms with van der Waals surface area (Å²) < 4.78 is 5.42. The third kappa shape index (κ3) is 3.88. The number of aliphatic hydroxyl groups excluding tert-OH is 1. The quantitative estimate of drug-likeness (QED) is 0.820. The van der Waals surface area contributed by atoms with Crippen LogP contribution in [0.5, 0.6) is 0 Å². The van der Waals surface area contributed by atoms with Crippen molar-refractivity contribution in [3.63, 3.8) is 0 Å². The van der Waals surface area contributed by atoms with Gasteiger partial charge in [-0.2, -0.15) is 0 Å². The molecule has 0 unspecified atom stereocenters. The molecule has 0 spiro atoms. The van der Waals surface area contributed by atoms with Gasteiger partial charge in [0.25, 0.3) is 0 Å². The molecule has 0 saturated heterocycles. The topological polar surface area (TPSA) is 65.6 Å². The Morgan fingerprint density at radius 2 is 2.08 bits per heavy atom. The fourth-order valence-corrected chi connectivity index (χ4v) is 3.91. The molecule has 136 valence electrons. The maximum absolute atomic E-state index is 12.7. The molecular formula is C20H28N2O3. The molecule has 1 heterocycles. The van der Waals surface area contributed by atoms with Crippen LogP contribution in [0.1, 0.15) is 37.7 Å². The number of nitrogens with one attached hydrogen (secondary N) is 1. The molecule has 0 aliphatic heterocycles. The van der Waals surface area contributed by atoms with E-state index in [4.69, 9.17) is 4.74 Å². The first kappa shape index (κ1) is 18.0. The van der Waals surface area contributed by atoms with Crippen LogP contribution < -0.4 is 0 Å². The first-order valence-electron chi connectivity index (χ1n) is 9.13. The second kappa shape index (κ2) is 8.02. The smallest absolute Gasteiger partial charge is 0.222 e. The number of aromatic nitrogens is 1. The molecule has 5 heteroatoms. The minimum Gasteiger partial charge on any atom is -0.388 e. The molecule has 1 aromatic carbocycles. The fraction of sp³-hybridized carbons (Fsp3) is 0.550. The summed E-state index contributed by atoms with van der Waals surface area (Å²) in [7, 11) is 3.44. The predicted molar refractivity (Wildman–Crippen MR) is 98.4 cm³/mol. The van der Waals surface area contributed by atoms with Crippen molar-refractivity contribution in [2.75, 3.05) is 14.2 Å². The van der Waals surface area contributed by atoms with Crippen LogP contribution in [0.2, 0.25) is 0 Å². The van der Waals surface area contributed by atoms with E-state index in [0.29, 0.717) is 12.8 Å². The van der Waals surface area contributed by atoms with Crippen LogP contribution in [0.25, 0.3) is 10.9 Å². The number of H-pyrrole nitrogens is 1. The number of hydrogen-bond donors (Lipinski definition) is 2. The largest absolute Gasteiger partial charge is 0.388 e. The van der Waals surface area contributed by atoms with E-state index in [-0.39, 0.29) is 18.1 Å². The van der Waals surface area contributed by atoms with Crippen LogP contribution in [0.15, 0.2) is 30.5 Å². The van der Waals surface area contributed by atoms with Crippen molar-refractivity contribution < 1.29 is 14.6 Å². The summed E-state index contributed by atoms with van der Waals surface area (Å²) in [4.78, 5) is 17.7. The lowest BCUT2D eigenvalue weighted by molar-refractivity contribution is -0.137. The van der Waals surface area contributed by atoms with Gasteiger partial charge < -0.3 is 19.7 Å². The number of ether oxygens (including phenoxy) is 1. The monoisotopic (exact) mass is 344 g/mol. The Hall–Kier alpha value is -1.85. The number of hydrogen-bond acceptors (Lipinski definition) is 3. The van der Waals surface area contributed by atoms with E-state index in [0.717, 1.165) is 36.8 Å². The Bertz CT molecular complexity index is 712. The molecule has 0 bridgehead atoms. The molecule has 1 amide bonds. The maximum Gasteiger partial charge on any atom is 0.222 e. The number of amides is 1. The standard InChI is InChI=1S/C20H28N2O3/c1-22(17-9-5-6-10-18(25-2)20(17)24)19(23)12-11-14-13-21-16-8-4-3-7-15(14)16/h3-4,7-8,13,17-18,20-21,24H,5-6,9-12H2,1-2H3/t17-,18-,20-/m1/s1. The van der Waals surface area contributed by atoms with Crippen LogP contribution in [0, 0.1) is 0 Å². The van der Waals surface area contributed by atoms with Gasteiger partial charge in [-0.05, 0) is 30.9 Å². The number of likely N-dealkylation sites (N-methyl/N-ethyl adjacent to an activating group) is 1. The van der Waals surface area contributed by atoms with Gasteiger partial charge in [-0.15, -0.1) is 0 Å². The average molecular weight is 344 g/mol. The number of carbonyl (C=O) groups excluding carboxylic acids is 1. The van der Waals surface area contributed by atoms with E-state index >= 15 is 0 Å². The molecule has 2 N–H and O–H groups in total. The Morgan fingerprint density at radius 1 is 1.32 bits per heavy atom. The number of nitrogens with zero attached hydrogens (tertiary/aromatic N) is 1. The molecule has 25 heavy (non-hydrogen) atoms. The zero-order chi connectivity index (χ0) is 17.8. The Morgan fingerprint density at radius 3 is 2.88 bits per heavy atom. The van der Waals surface area contributed by atoms with E-state index < -0.39 is 6.10 Å². The lowest BCUT2D eigenvalue weighted by Crippen LogP contribution is -2.49. The van der Waals surface area contributed by atoms with Gasteiger partial charge in [-0.25, -0.2) is 0 Å². The van der Waals surface area contributed by atoms with Crippen molar-refractivity contribution in [2.24, 2.45) is 0 Å². The fourth-order valence-electron chi connectivity index (χ4n) is 3.91. The van der Waals surface area contributed by atoms with E-state index in [1.54, 1.807) is 12.0 Å². The number of para-hydroxylation sites is 1. The zero-order valence-electron chi connectivity index (χ0n) is 15.1. The summed E-state index contributed by atoms with van der Waals surface area (Å²) in [5.74, 6) is 0.0751. The lowest BCUT2D eigenvalue weighted by Gasteiger charge is -2.33. The highest BCUT2D eigenvalue weighted by Gasteiger charge is 2.34. The number of rotatable bonds is 5. The number of carbonyl (C=O) groups is 1. The first-order chi connectivity index (χ1) is 12.1. The number of methoxy groups -OCH3 is 1. The number of benzene rings is 1. The number of fused-ring (bicyclic) bond motifs is 1. The van der Waals surface area contributed by atoms with Crippen molar-refractivity contribution >= 4 is 16.8 Å². The molecule has 1 aromatic heterocycles. The lowest BCUT2D eigenvalue weighted by atomic mass is 10.0. The van der Waals surface area contributed by atoms with E-state index in [2.05, 4.69) is 11.1 Å². The zero-order valence-corrected chi connectivity index (χ0v) is 15.1. The second-order valence-electron chi connectivity index (χ2n) is 6.98. The highest BCUT2D eigenvalue weighted by Crippen LogP contribution is 2.25. The summed E-state index contributed by atoms with van der Waals surface area (Å²) in [6.07, 6.45) is 6.06. The average Bonchev–Trinajstić information content (AvgIpc) is 2.95. The summed E-state index contributed by atoms with van der Waals surface area (Å²) in [6, 6.07) is 7.97. The summed E-state index contributed by atoms with van der Waals surface area (Å²) in [5, 5.41) is 11.8. The normalized spacial score (nSPS) is 24.2. The van der Waals surface area contributed by atoms with E-state index in [1.807, 2.05) is 31.4 Å². The number of aliphatic hydroxyl groups is 1. The van der Waals surface area contributed by atoms with Gasteiger partial charge in [0, 0.05) is 37.7 Å². The van der Waals surface area contributed by atoms with Crippen molar-refractivity contribution in [3.8, 4) is 0 Å². The van der Waals surface area contributed by atoms with Gasteiger partial charge in [-0.1, -0.05) is 31.0 Å². The Kier molecular flexibility index (Phi) is 5.76. The van der Waals surface area contributed by atoms with Crippen molar-refractivity contribution in [2.45, 2.75) is 56.8 Å². The van der Waals surface area contributed by atoms with Gasteiger partial charge in [0.2, 0.25) is 5.91 Å². The molecule has 3 atom stereocenters. The molecule has 0 radical (unpaired) electrons.